The molecule has 0 radical (unpaired) electrons. The van der Waals surface area contributed by atoms with Crippen molar-refractivity contribution in [3.63, 3.8) is 0 Å². The number of benzene rings is 1. The third kappa shape index (κ3) is 3.41. The quantitative estimate of drug-likeness (QED) is 0.610. The minimum atomic E-state index is -4.05. The molecule has 0 aromatic heterocycles. The summed E-state index contributed by atoms with van der Waals surface area (Å²) in [5, 5.41) is 14.7. The molecule has 3 fully saturated rings. The Morgan fingerprint density at radius 2 is 1.97 bits per heavy atom. The van der Waals surface area contributed by atoms with Crippen molar-refractivity contribution in [1.29, 1.82) is 0 Å². The summed E-state index contributed by atoms with van der Waals surface area (Å²) in [5.74, 6) is 0.499. The van der Waals surface area contributed by atoms with Crippen LogP contribution in [0.15, 0.2) is 38.8 Å². The van der Waals surface area contributed by atoms with Gasteiger partial charge in [0.2, 0.25) is 0 Å². The molecule has 6 rings (SSSR count). The third-order valence-corrected chi connectivity index (χ3v) is 10.7. The Kier molecular flexibility index (Phi) is 5.45. The molecule has 2 saturated carbocycles. The van der Waals surface area contributed by atoms with Crippen molar-refractivity contribution in [2.45, 2.75) is 69.7 Å². The van der Waals surface area contributed by atoms with Gasteiger partial charge in [-0.1, -0.05) is 13.8 Å². The van der Waals surface area contributed by atoms with E-state index in [0.29, 0.717) is 30.0 Å². The first kappa shape index (κ1) is 23.8. The number of hydrogen-bond acceptors (Lipinski definition) is 6. The summed E-state index contributed by atoms with van der Waals surface area (Å²) in [7, 11) is -4.05. The van der Waals surface area contributed by atoms with Crippen LogP contribution in [0, 0.1) is 23.7 Å². The van der Waals surface area contributed by atoms with E-state index in [1.807, 2.05) is 11.0 Å². The predicted molar refractivity (Wildman–Crippen MR) is 140 cm³/mol. The van der Waals surface area contributed by atoms with E-state index in [1.165, 1.54) is 0 Å². The highest BCUT2D eigenvalue weighted by Gasteiger charge is 2.64. The smallest absolute Gasteiger partial charge is 0.286 e. The number of amidine groups is 1. The first-order valence-corrected chi connectivity index (χ1v) is 14.8. The van der Waals surface area contributed by atoms with Gasteiger partial charge in [-0.05, 0) is 81.4 Å². The molecule has 0 spiro atoms. The van der Waals surface area contributed by atoms with Crippen LogP contribution in [0.25, 0.3) is 0 Å². The summed E-state index contributed by atoms with van der Waals surface area (Å²) in [4.78, 5) is 18.2. The van der Waals surface area contributed by atoms with E-state index in [4.69, 9.17) is 0 Å². The van der Waals surface area contributed by atoms with E-state index < -0.39 is 15.6 Å². The fraction of sp³-hybridized carbons (Fsp3) is 0.630. The number of aliphatic hydroxyl groups is 1. The number of amides is 1. The lowest BCUT2D eigenvalue weighted by atomic mass is 9.68. The van der Waals surface area contributed by atoms with Crippen LogP contribution >= 0.6 is 0 Å². The first-order valence-electron chi connectivity index (χ1n) is 13.4. The topological polar surface area (TPSA) is 102 Å². The minimum absolute atomic E-state index is 0.00841. The van der Waals surface area contributed by atoms with Gasteiger partial charge >= 0.3 is 0 Å². The SMILES string of the molecule is CC(C)CCN1C(=O)C(C2=NS(=O)(=O)c3cc(N4CCCC4)ccc3N2)=C(O)C2[C@H]3CC[C@H](C3)C21C. The lowest BCUT2D eigenvalue weighted by Crippen LogP contribution is -2.62. The molecule has 36 heavy (non-hydrogen) atoms. The largest absolute Gasteiger partial charge is 0.511 e. The molecule has 2 aliphatic carbocycles. The van der Waals surface area contributed by atoms with Crippen molar-refractivity contribution in [2.24, 2.45) is 28.1 Å². The maximum atomic E-state index is 14.0. The number of fused-ring (bicyclic) bond motifs is 6. The molecule has 3 heterocycles. The van der Waals surface area contributed by atoms with Crippen molar-refractivity contribution in [3.8, 4) is 0 Å². The number of aliphatic hydroxyl groups excluding tert-OH is 1. The Morgan fingerprint density at radius 1 is 1.22 bits per heavy atom. The van der Waals surface area contributed by atoms with Crippen LogP contribution in [0.4, 0.5) is 11.4 Å². The van der Waals surface area contributed by atoms with Crippen LogP contribution in [-0.2, 0) is 14.8 Å². The van der Waals surface area contributed by atoms with Crippen molar-refractivity contribution in [3.05, 3.63) is 29.5 Å². The second-order valence-corrected chi connectivity index (χ2v) is 13.4. The molecule has 2 N–H and O–H groups in total. The number of hydrogen-bond donors (Lipinski definition) is 2. The first-order chi connectivity index (χ1) is 17.1. The van der Waals surface area contributed by atoms with E-state index in [1.54, 1.807) is 12.1 Å². The zero-order chi connectivity index (χ0) is 25.4. The fourth-order valence-corrected chi connectivity index (χ4v) is 8.61. The van der Waals surface area contributed by atoms with Crippen molar-refractivity contribution in [2.75, 3.05) is 29.9 Å². The van der Waals surface area contributed by atoms with E-state index in [9.17, 15) is 18.3 Å². The second-order valence-electron chi connectivity index (χ2n) is 11.8. The molecule has 8 nitrogen and oxygen atoms in total. The van der Waals surface area contributed by atoms with E-state index >= 15 is 0 Å². The number of nitrogens with one attached hydrogen (secondary N) is 1. The van der Waals surface area contributed by atoms with Crippen LogP contribution in [0.1, 0.15) is 59.3 Å². The normalized spacial score (nSPS) is 32.6. The molecule has 2 bridgehead atoms. The number of anilines is 2. The van der Waals surface area contributed by atoms with Crippen LogP contribution in [-0.4, -0.2) is 55.3 Å². The molecule has 1 aromatic carbocycles. The minimum Gasteiger partial charge on any atom is -0.511 e. The number of carbonyl (C=O) groups excluding carboxylic acids is 1. The van der Waals surface area contributed by atoms with Crippen molar-refractivity contribution >= 4 is 33.1 Å². The standard InChI is InChI=1S/C27H36N4O4S/c1-16(2)10-13-31-26(33)22(24(32)23-17-6-7-18(14-17)27(23,31)3)25-28-20-9-8-19(30-11-4-5-12-30)15-21(20)36(34,35)29-25/h8-9,15-18,23,32H,4-7,10-14H2,1-3H3,(H,28,29)/t17-,18+,23?,27?/m0/s1. The number of carbonyl (C=O) groups is 1. The van der Waals surface area contributed by atoms with Gasteiger partial charge in [-0.25, -0.2) is 0 Å². The van der Waals surface area contributed by atoms with Crippen LogP contribution < -0.4 is 10.2 Å². The molecule has 3 aliphatic heterocycles. The molecule has 5 aliphatic rings. The van der Waals surface area contributed by atoms with Crippen LogP contribution in [0.3, 0.4) is 0 Å². The van der Waals surface area contributed by atoms with Crippen molar-refractivity contribution < 1.29 is 18.3 Å². The average Bonchev–Trinajstić information content (AvgIpc) is 3.56. The Balaban J connectivity index is 1.41. The highest BCUT2D eigenvalue weighted by molar-refractivity contribution is 7.90. The van der Waals surface area contributed by atoms with Gasteiger partial charge < -0.3 is 20.2 Å². The molecule has 1 aromatic rings. The summed E-state index contributed by atoms with van der Waals surface area (Å²) in [5.41, 5.74) is 0.834. The van der Waals surface area contributed by atoms with Crippen LogP contribution in [0.2, 0.25) is 0 Å². The van der Waals surface area contributed by atoms with E-state index in [2.05, 4.69) is 35.4 Å². The average molecular weight is 513 g/mol. The van der Waals surface area contributed by atoms with Gasteiger partial charge in [-0.15, -0.1) is 4.40 Å². The Bertz CT molecular complexity index is 1280. The summed E-state index contributed by atoms with van der Waals surface area (Å²) in [6, 6.07) is 5.33. The number of rotatable bonds is 5. The molecule has 1 saturated heterocycles. The molecule has 4 atom stereocenters. The van der Waals surface area contributed by atoms with Gasteiger partial charge in [0.1, 0.15) is 16.2 Å². The van der Waals surface area contributed by atoms with Gasteiger partial charge in [0.15, 0.2) is 5.84 Å². The zero-order valence-electron chi connectivity index (χ0n) is 21.3. The summed E-state index contributed by atoms with van der Waals surface area (Å²) in [6.07, 6.45) is 6.11. The van der Waals surface area contributed by atoms with Crippen LogP contribution in [0.5, 0.6) is 0 Å². The van der Waals surface area contributed by atoms with Gasteiger partial charge in [-0.2, -0.15) is 8.42 Å². The highest BCUT2D eigenvalue weighted by Crippen LogP contribution is 2.61. The molecule has 9 heteroatoms. The molecular formula is C27H36N4O4S. The number of sulfonamides is 1. The Labute approximate surface area is 213 Å². The molecule has 2 unspecified atom stereocenters. The van der Waals surface area contributed by atoms with E-state index in [0.717, 1.165) is 57.3 Å². The summed E-state index contributed by atoms with van der Waals surface area (Å²) < 4.78 is 30.8. The van der Waals surface area contributed by atoms with Gasteiger partial charge in [0, 0.05) is 31.2 Å². The predicted octanol–water partition coefficient (Wildman–Crippen LogP) is 4.30. The Morgan fingerprint density at radius 3 is 2.69 bits per heavy atom. The van der Waals surface area contributed by atoms with Gasteiger partial charge in [0.05, 0.1) is 11.2 Å². The number of nitrogens with zero attached hydrogens (tertiary/aromatic N) is 3. The summed E-state index contributed by atoms with van der Waals surface area (Å²) >= 11 is 0. The highest BCUT2D eigenvalue weighted by atomic mass is 32.2. The monoisotopic (exact) mass is 512 g/mol. The third-order valence-electron chi connectivity index (χ3n) is 9.34. The zero-order valence-corrected chi connectivity index (χ0v) is 22.1. The molecule has 194 valence electrons. The maximum absolute atomic E-state index is 14.0. The molecule has 1 amide bonds. The Hall–Kier alpha value is -2.55. The lowest BCUT2D eigenvalue weighted by molar-refractivity contribution is -0.140. The lowest BCUT2D eigenvalue weighted by Gasteiger charge is -2.52. The van der Waals surface area contributed by atoms with Gasteiger partial charge in [0.25, 0.3) is 15.9 Å². The second kappa shape index (κ2) is 8.23. The maximum Gasteiger partial charge on any atom is 0.286 e. The summed E-state index contributed by atoms with van der Waals surface area (Å²) in [6.45, 7) is 8.79. The fourth-order valence-electron chi connectivity index (χ4n) is 7.47. The van der Waals surface area contributed by atoms with Gasteiger partial charge in [-0.3, -0.25) is 4.79 Å². The van der Waals surface area contributed by atoms with Crippen molar-refractivity contribution in [1.82, 2.24) is 4.90 Å². The molecular weight excluding hydrogens is 476 g/mol. The van der Waals surface area contributed by atoms with E-state index in [-0.39, 0.29) is 33.9 Å².